The van der Waals surface area contributed by atoms with Crippen molar-refractivity contribution in [1.29, 1.82) is 0 Å². The molecule has 2 rings (SSSR count). The molecule has 1 unspecified atom stereocenters. The molecule has 1 aromatic carbocycles. The van der Waals surface area contributed by atoms with E-state index in [1.165, 1.54) is 12.1 Å². The van der Waals surface area contributed by atoms with Gasteiger partial charge >= 0.3 is 6.18 Å². The van der Waals surface area contributed by atoms with Gasteiger partial charge in [-0.1, -0.05) is 28.1 Å². The van der Waals surface area contributed by atoms with Crippen LogP contribution in [0.15, 0.2) is 24.3 Å². The first-order valence-electron chi connectivity index (χ1n) is 5.43. The Labute approximate surface area is 111 Å². The second-order valence-corrected chi connectivity index (χ2v) is 4.66. The highest BCUT2D eigenvalue weighted by Crippen LogP contribution is 2.34. The van der Waals surface area contributed by atoms with Gasteiger partial charge in [0.05, 0.1) is 25.4 Å². The van der Waals surface area contributed by atoms with Crippen molar-refractivity contribution < 1.29 is 22.6 Å². The predicted octanol–water partition coefficient (Wildman–Crippen LogP) is 3.34. The van der Waals surface area contributed by atoms with Gasteiger partial charge in [-0.05, 0) is 17.7 Å². The maximum Gasteiger partial charge on any atom is 0.416 e. The zero-order valence-electron chi connectivity index (χ0n) is 9.47. The van der Waals surface area contributed by atoms with E-state index >= 15 is 0 Å². The fourth-order valence-electron chi connectivity index (χ4n) is 1.86. The van der Waals surface area contributed by atoms with Crippen LogP contribution in [-0.2, 0) is 21.3 Å². The van der Waals surface area contributed by atoms with Crippen LogP contribution in [0.5, 0.6) is 0 Å². The lowest BCUT2D eigenvalue weighted by molar-refractivity contribution is -0.149. The average molecular weight is 325 g/mol. The molecule has 0 amide bonds. The third-order valence-corrected chi connectivity index (χ3v) is 3.80. The molecule has 6 heteroatoms. The van der Waals surface area contributed by atoms with Crippen LogP contribution in [0.4, 0.5) is 13.2 Å². The van der Waals surface area contributed by atoms with E-state index in [1.807, 2.05) is 0 Å². The lowest BCUT2D eigenvalue weighted by Gasteiger charge is -2.36. The van der Waals surface area contributed by atoms with Crippen LogP contribution in [0.3, 0.4) is 0 Å². The second-order valence-electron chi connectivity index (χ2n) is 4.10. The van der Waals surface area contributed by atoms with Crippen LogP contribution in [-0.4, -0.2) is 25.2 Å². The van der Waals surface area contributed by atoms with Gasteiger partial charge in [-0.25, -0.2) is 0 Å². The molecule has 18 heavy (non-hydrogen) atoms. The second kappa shape index (κ2) is 5.19. The molecule has 0 bridgehead atoms. The van der Waals surface area contributed by atoms with E-state index in [1.54, 1.807) is 0 Å². The van der Waals surface area contributed by atoms with Gasteiger partial charge in [-0.15, -0.1) is 0 Å². The molecule has 1 saturated heterocycles. The number of rotatable bonds is 2. The standard InChI is InChI=1S/C12H12BrF3O2/c13-7-11(8-17-5-6-18-11)9-1-3-10(4-2-9)12(14,15)16/h1-4H,5-8H2. The maximum absolute atomic E-state index is 12.5. The molecule has 1 aliphatic rings. The fraction of sp³-hybridized carbons (Fsp3) is 0.500. The van der Waals surface area contributed by atoms with E-state index in [0.717, 1.165) is 12.1 Å². The number of hydrogen-bond donors (Lipinski definition) is 0. The first kappa shape index (κ1) is 13.8. The summed E-state index contributed by atoms with van der Waals surface area (Å²) in [7, 11) is 0. The molecule has 100 valence electrons. The van der Waals surface area contributed by atoms with E-state index in [-0.39, 0.29) is 0 Å². The Morgan fingerprint density at radius 2 is 1.83 bits per heavy atom. The van der Waals surface area contributed by atoms with Gasteiger partial charge in [0.15, 0.2) is 0 Å². The number of alkyl halides is 4. The van der Waals surface area contributed by atoms with E-state index < -0.39 is 17.3 Å². The van der Waals surface area contributed by atoms with Crippen LogP contribution >= 0.6 is 15.9 Å². The summed E-state index contributed by atoms with van der Waals surface area (Å²) in [5.41, 5.74) is -0.665. The number of ether oxygens (including phenoxy) is 2. The highest BCUT2D eigenvalue weighted by atomic mass is 79.9. The van der Waals surface area contributed by atoms with E-state index in [9.17, 15) is 13.2 Å². The van der Waals surface area contributed by atoms with Crippen LogP contribution in [0.25, 0.3) is 0 Å². The smallest absolute Gasteiger partial charge is 0.376 e. The van der Waals surface area contributed by atoms with Crippen molar-refractivity contribution in [1.82, 2.24) is 0 Å². The Balaban J connectivity index is 2.27. The van der Waals surface area contributed by atoms with Crippen LogP contribution in [0.1, 0.15) is 11.1 Å². The monoisotopic (exact) mass is 324 g/mol. The highest BCUT2D eigenvalue weighted by Gasteiger charge is 2.36. The summed E-state index contributed by atoms with van der Waals surface area (Å²) >= 11 is 3.34. The Bertz CT molecular complexity index is 397. The first-order chi connectivity index (χ1) is 8.48. The lowest BCUT2D eigenvalue weighted by Crippen LogP contribution is -2.42. The molecule has 0 saturated carbocycles. The summed E-state index contributed by atoms with van der Waals surface area (Å²) in [6.07, 6.45) is -4.32. The molecule has 1 heterocycles. The van der Waals surface area contributed by atoms with E-state index in [2.05, 4.69) is 15.9 Å². The number of benzene rings is 1. The largest absolute Gasteiger partial charge is 0.416 e. The molecule has 0 spiro atoms. The van der Waals surface area contributed by atoms with Crippen LogP contribution < -0.4 is 0 Å². The molecular formula is C12H12BrF3O2. The van der Waals surface area contributed by atoms with Gasteiger partial charge in [-0.3, -0.25) is 0 Å². The average Bonchev–Trinajstić information content (AvgIpc) is 2.39. The molecule has 1 aromatic rings. The molecule has 0 radical (unpaired) electrons. The molecule has 2 nitrogen and oxygen atoms in total. The molecule has 0 aromatic heterocycles. The summed E-state index contributed by atoms with van der Waals surface area (Å²) in [5.74, 6) is 0. The lowest BCUT2D eigenvalue weighted by atomic mass is 9.95. The molecule has 0 N–H and O–H groups in total. The van der Waals surface area contributed by atoms with Gasteiger partial charge in [0.1, 0.15) is 5.60 Å². The third kappa shape index (κ3) is 2.70. The Hall–Kier alpha value is -0.590. The summed E-state index contributed by atoms with van der Waals surface area (Å²) in [5, 5.41) is 0.478. The third-order valence-electron chi connectivity index (χ3n) is 2.90. The van der Waals surface area contributed by atoms with Crippen molar-refractivity contribution in [2.75, 3.05) is 25.2 Å². The van der Waals surface area contributed by atoms with Gasteiger partial charge in [-0.2, -0.15) is 13.2 Å². The zero-order valence-corrected chi connectivity index (χ0v) is 11.1. The Morgan fingerprint density at radius 1 is 1.17 bits per heavy atom. The molecule has 0 aliphatic carbocycles. The normalized spacial score (nSPS) is 25.1. The van der Waals surface area contributed by atoms with Crippen molar-refractivity contribution in [3.63, 3.8) is 0 Å². The number of hydrogen-bond acceptors (Lipinski definition) is 2. The Kier molecular flexibility index (Phi) is 3.99. The minimum atomic E-state index is -4.32. The van der Waals surface area contributed by atoms with Crippen molar-refractivity contribution >= 4 is 15.9 Å². The highest BCUT2D eigenvalue weighted by molar-refractivity contribution is 9.09. The predicted molar refractivity (Wildman–Crippen MR) is 63.7 cm³/mol. The maximum atomic E-state index is 12.5. The molecular weight excluding hydrogens is 313 g/mol. The molecule has 1 atom stereocenters. The first-order valence-corrected chi connectivity index (χ1v) is 6.55. The van der Waals surface area contributed by atoms with Crippen LogP contribution in [0, 0.1) is 0 Å². The van der Waals surface area contributed by atoms with Crippen molar-refractivity contribution in [3.05, 3.63) is 35.4 Å². The Morgan fingerprint density at radius 3 is 2.28 bits per heavy atom. The topological polar surface area (TPSA) is 18.5 Å². The summed E-state index contributed by atoms with van der Waals surface area (Å²) in [4.78, 5) is 0. The summed E-state index contributed by atoms with van der Waals surface area (Å²) in [6.45, 7) is 1.28. The zero-order chi connectivity index (χ0) is 13.2. The van der Waals surface area contributed by atoms with Crippen molar-refractivity contribution in [2.45, 2.75) is 11.8 Å². The van der Waals surface area contributed by atoms with Gasteiger partial charge in [0, 0.05) is 5.33 Å². The summed E-state index contributed by atoms with van der Waals surface area (Å²) < 4.78 is 48.4. The van der Waals surface area contributed by atoms with E-state index in [0.29, 0.717) is 30.7 Å². The molecule has 1 fully saturated rings. The van der Waals surface area contributed by atoms with Crippen molar-refractivity contribution in [3.8, 4) is 0 Å². The minimum Gasteiger partial charge on any atom is -0.376 e. The fourth-order valence-corrected chi connectivity index (χ4v) is 2.51. The van der Waals surface area contributed by atoms with Crippen LogP contribution in [0.2, 0.25) is 0 Å². The SMILES string of the molecule is FC(F)(F)c1ccc(C2(CBr)COCCO2)cc1. The van der Waals surface area contributed by atoms with Gasteiger partial charge < -0.3 is 9.47 Å². The van der Waals surface area contributed by atoms with Crippen molar-refractivity contribution in [2.24, 2.45) is 0 Å². The van der Waals surface area contributed by atoms with Gasteiger partial charge in [0.25, 0.3) is 0 Å². The minimum absolute atomic E-state index is 0.337. The molecule has 1 aliphatic heterocycles. The number of halogens is 4. The van der Waals surface area contributed by atoms with Gasteiger partial charge in [0.2, 0.25) is 0 Å². The van der Waals surface area contributed by atoms with E-state index in [4.69, 9.17) is 9.47 Å². The quantitative estimate of drug-likeness (QED) is 0.777. The summed E-state index contributed by atoms with van der Waals surface area (Å²) in [6, 6.07) is 5.02.